The lowest BCUT2D eigenvalue weighted by atomic mass is 10.2. The molecule has 134 valence electrons. The zero-order valence-electron chi connectivity index (χ0n) is 14.1. The lowest BCUT2D eigenvalue weighted by Crippen LogP contribution is -2.22. The summed E-state index contributed by atoms with van der Waals surface area (Å²) in [6.45, 7) is 2.78. The Balaban J connectivity index is 1.63. The normalized spacial score (nSPS) is 10.6. The fourth-order valence-corrected chi connectivity index (χ4v) is 3.05. The summed E-state index contributed by atoms with van der Waals surface area (Å²) in [6, 6.07) is 16.4. The molecule has 1 heterocycles. The van der Waals surface area contributed by atoms with Gasteiger partial charge < -0.3 is 14.5 Å². The van der Waals surface area contributed by atoms with E-state index in [2.05, 4.69) is 21.2 Å². The summed E-state index contributed by atoms with van der Waals surface area (Å²) in [7, 11) is 0. The number of nitrogens with one attached hydrogen (secondary N) is 1. The first-order chi connectivity index (χ1) is 12.6. The van der Waals surface area contributed by atoms with E-state index in [-0.39, 0.29) is 5.91 Å². The van der Waals surface area contributed by atoms with E-state index in [9.17, 15) is 4.79 Å². The molecule has 4 nitrogen and oxygen atoms in total. The van der Waals surface area contributed by atoms with Gasteiger partial charge in [-0.3, -0.25) is 4.79 Å². The Morgan fingerprint density at radius 1 is 1.15 bits per heavy atom. The number of carbonyl (C=O) groups excluding carboxylic acids is 1. The number of hydrogen-bond acceptors (Lipinski definition) is 3. The van der Waals surface area contributed by atoms with Crippen molar-refractivity contribution < 1.29 is 13.9 Å². The average Bonchev–Trinajstić information content (AvgIpc) is 3.11. The highest BCUT2D eigenvalue weighted by Crippen LogP contribution is 2.26. The van der Waals surface area contributed by atoms with Crippen LogP contribution in [0.15, 0.2) is 63.5 Å². The van der Waals surface area contributed by atoms with Crippen LogP contribution in [0.3, 0.4) is 0 Å². The van der Waals surface area contributed by atoms with Gasteiger partial charge in [0, 0.05) is 16.1 Å². The molecule has 2 aromatic carbocycles. The highest BCUT2D eigenvalue weighted by molar-refractivity contribution is 9.10. The van der Waals surface area contributed by atoms with Gasteiger partial charge in [0.15, 0.2) is 0 Å². The first-order valence-electron chi connectivity index (χ1n) is 8.12. The number of furan rings is 1. The largest absolute Gasteiger partial charge is 0.493 e. The first kappa shape index (κ1) is 18.5. The van der Waals surface area contributed by atoms with Crippen LogP contribution < -0.4 is 10.1 Å². The van der Waals surface area contributed by atoms with Crippen molar-refractivity contribution in [2.24, 2.45) is 0 Å². The molecule has 0 aliphatic heterocycles. The molecule has 0 aliphatic rings. The number of rotatable bonds is 6. The van der Waals surface area contributed by atoms with Gasteiger partial charge in [0.05, 0.1) is 17.6 Å². The van der Waals surface area contributed by atoms with E-state index in [1.807, 2.05) is 43.3 Å². The molecule has 1 amide bonds. The van der Waals surface area contributed by atoms with Crippen molar-refractivity contribution in [1.29, 1.82) is 0 Å². The summed E-state index contributed by atoms with van der Waals surface area (Å²) in [6.07, 6.45) is 0. The third kappa shape index (κ3) is 4.48. The number of hydrogen-bond donors (Lipinski definition) is 1. The quantitative estimate of drug-likeness (QED) is 0.542. The molecule has 6 heteroatoms. The lowest BCUT2D eigenvalue weighted by molar-refractivity contribution is 0.0948. The van der Waals surface area contributed by atoms with E-state index >= 15 is 0 Å². The maximum atomic E-state index is 12.3. The molecule has 3 rings (SSSR count). The fourth-order valence-electron chi connectivity index (χ4n) is 2.43. The van der Waals surface area contributed by atoms with Crippen molar-refractivity contribution in [2.75, 3.05) is 6.61 Å². The van der Waals surface area contributed by atoms with Crippen LogP contribution in [-0.4, -0.2) is 12.5 Å². The van der Waals surface area contributed by atoms with E-state index in [0.29, 0.717) is 35.2 Å². The van der Waals surface area contributed by atoms with Crippen LogP contribution >= 0.6 is 27.5 Å². The predicted octanol–water partition coefficient (Wildman–Crippen LogP) is 5.69. The van der Waals surface area contributed by atoms with Crippen molar-refractivity contribution in [3.8, 4) is 17.1 Å². The van der Waals surface area contributed by atoms with E-state index in [1.54, 1.807) is 18.2 Å². The minimum Gasteiger partial charge on any atom is -0.493 e. The van der Waals surface area contributed by atoms with E-state index < -0.39 is 0 Å². The number of halogens is 2. The van der Waals surface area contributed by atoms with Crippen LogP contribution in [0.25, 0.3) is 11.3 Å². The topological polar surface area (TPSA) is 51.5 Å². The van der Waals surface area contributed by atoms with Crippen molar-refractivity contribution in [3.05, 3.63) is 75.4 Å². The Labute approximate surface area is 165 Å². The molecule has 0 atom stereocenters. The Bertz CT molecular complexity index is 906. The summed E-state index contributed by atoms with van der Waals surface area (Å²) in [5, 5.41) is 3.53. The summed E-state index contributed by atoms with van der Waals surface area (Å²) in [4.78, 5) is 12.3. The highest BCUT2D eigenvalue weighted by Gasteiger charge is 2.11. The Morgan fingerprint density at radius 2 is 1.92 bits per heavy atom. The van der Waals surface area contributed by atoms with E-state index in [4.69, 9.17) is 20.8 Å². The van der Waals surface area contributed by atoms with Crippen molar-refractivity contribution in [2.45, 2.75) is 13.5 Å². The van der Waals surface area contributed by atoms with Gasteiger partial charge in [0.2, 0.25) is 0 Å². The van der Waals surface area contributed by atoms with Gasteiger partial charge in [0.1, 0.15) is 17.3 Å². The molecule has 1 aromatic heterocycles. The minimum atomic E-state index is -0.182. The maximum absolute atomic E-state index is 12.3. The number of benzene rings is 2. The fraction of sp³-hybridized carbons (Fsp3) is 0.150. The molecule has 0 saturated heterocycles. The van der Waals surface area contributed by atoms with Crippen molar-refractivity contribution >= 4 is 33.4 Å². The van der Waals surface area contributed by atoms with Crippen LogP contribution in [0.4, 0.5) is 0 Å². The predicted molar refractivity (Wildman–Crippen MR) is 106 cm³/mol. The molecule has 0 fully saturated rings. The van der Waals surface area contributed by atoms with Gasteiger partial charge in [-0.25, -0.2) is 0 Å². The molecule has 0 spiro atoms. The van der Waals surface area contributed by atoms with Gasteiger partial charge in [-0.2, -0.15) is 0 Å². The standard InChI is InChI=1S/C20H17BrClNO3/c1-2-25-19-9-5-14(11-17(19)21)20(24)23-12-16-8-10-18(26-16)13-3-6-15(22)7-4-13/h3-11H,2,12H2,1H3,(H,23,24). The average molecular weight is 435 g/mol. The second-order valence-electron chi connectivity index (χ2n) is 5.53. The third-order valence-electron chi connectivity index (χ3n) is 3.71. The lowest BCUT2D eigenvalue weighted by Gasteiger charge is -2.08. The number of ether oxygens (including phenoxy) is 1. The molecule has 0 bridgehead atoms. The van der Waals surface area contributed by atoms with Crippen LogP contribution in [0.2, 0.25) is 5.02 Å². The van der Waals surface area contributed by atoms with E-state index in [1.165, 1.54) is 0 Å². The first-order valence-corrected chi connectivity index (χ1v) is 9.29. The Kier molecular flexibility index (Phi) is 6.01. The second kappa shape index (κ2) is 8.43. The number of carbonyl (C=O) groups is 1. The molecular formula is C20H17BrClNO3. The molecule has 0 saturated carbocycles. The summed E-state index contributed by atoms with van der Waals surface area (Å²) < 4.78 is 12.0. The molecule has 0 radical (unpaired) electrons. The van der Waals surface area contributed by atoms with E-state index in [0.717, 1.165) is 15.8 Å². The Morgan fingerprint density at radius 3 is 2.62 bits per heavy atom. The molecular weight excluding hydrogens is 418 g/mol. The second-order valence-corrected chi connectivity index (χ2v) is 6.82. The van der Waals surface area contributed by atoms with Gasteiger partial charge >= 0.3 is 0 Å². The van der Waals surface area contributed by atoms with Crippen LogP contribution in [0, 0.1) is 0 Å². The molecule has 0 unspecified atom stereocenters. The summed E-state index contributed by atoms with van der Waals surface area (Å²) >= 11 is 9.31. The van der Waals surface area contributed by atoms with Crippen LogP contribution in [0.5, 0.6) is 5.75 Å². The third-order valence-corrected chi connectivity index (χ3v) is 4.58. The van der Waals surface area contributed by atoms with Gasteiger partial charge in [-0.05, 0) is 77.5 Å². The van der Waals surface area contributed by atoms with Gasteiger partial charge in [-0.1, -0.05) is 11.6 Å². The zero-order valence-corrected chi connectivity index (χ0v) is 16.4. The maximum Gasteiger partial charge on any atom is 0.251 e. The van der Waals surface area contributed by atoms with Gasteiger partial charge in [-0.15, -0.1) is 0 Å². The minimum absolute atomic E-state index is 0.182. The van der Waals surface area contributed by atoms with Crippen LogP contribution in [0.1, 0.15) is 23.0 Å². The molecule has 26 heavy (non-hydrogen) atoms. The highest BCUT2D eigenvalue weighted by atomic mass is 79.9. The zero-order chi connectivity index (χ0) is 18.5. The van der Waals surface area contributed by atoms with Gasteiger partial charge in [0.25, 0.3) is 5.91 Å². The molecule has 1 N–H and O–H groups in total. The SMILES string of the molecule is CCOc1ccc(C(=O)NCc2ccc(-c3ccc(Cl)cc3)o2)cc1Br. The molecule has 3 aromatic rings. The smallest absolute Gasteiger partial charge is 0.251 e. The summed E-state index contributed by atoms with van der Waals surface area (Å²) in [5.74, 6) is 1.93. The van der Waals surface area contributed by atoms with Crippen molar-refractivity contribution in [3.63, 3.8) is 0 Å². The Hall–Kier alpha value is -2.24. The van der Waals surface area contributed by atoms with Crippen LogP contribution in [-0.2, 0) is 6.54 Å². The monoisotopic (exact) mass is 433 g/mol. The summed E-state index contributed by atoms with van der Waals surface area (Å²) in [5.41, 5.74) is 1.48. The molecule has 0 aliphatic carbocycles. The number of amides is 1. The van der Waals surface area contributed by atoms with Crippen molar-refractivity contribution in [1.82, 2.24) is 5.32 Å².